The van der Waals surface area contributed by atoms with Gasteiger partial charge in [-0.05, 0) is 42.7 Å². The van der Waals surface area contributed by atoms with Crippen molar-refractivity contribution in [3.05, 3.63) is 35.1 Å². The van der Waals surface area contributed by atoms with Crippen molar-refractivity contribution >= 4 is 0 Å². The average Bonchev–Trinajstić information content (AvgIpc) is 2.69. The molecule has 1 aromatic rings. The number of ether oxygens (including phenoxy) is 2. The molecule has 1 saturated carbocycles. The zero-order chi connectivity index (χ0) is 19.1. The van der Waals surface area contributed by atoms with E-state index in [1.54, 1.807) is 6.07 Å². The Balaban J connectivity index is 1.44. The molecule has 3 heteroatoms. The molecule has 0 radical (unpaired) electrons. The minimum atomic E-state index is -0.540. The summed E-state index contributed by atoms with van der Waals surface area (Å²) in [6.45, 7) is 5.79. The van der Waals surface area contributed by atoms with Crippen LogP contribution in [0.1, 0.15) is 89.1 Å². The highest BCUT2D eigenvalue weighted by atomic mass is 19.1. The lowest BCUT2D eigenvalue weighted by molar-refractivity contribution is -0.215. The van der Waals surface area contributed by atoms with Crippen LogP contribution in [-0.2, 0) is 15.9 Å². The third-order valence-corrected chi connectivity index (χ3v) is 6.55. The van der Waals surface area contributed by atoms with E-state index in [0.29, 0.717) is 30.6 Å². The van der Waals surface area contributed by atoms with Gasteiger partial charge in [0.25, 0.3) is 0 Å². The Labute approximate surface area is 164 Å². The van der Waals surface area contributed by atoms with Gasteiger partial charge in [0, 0.05) is 11.5 Å². The summed E-state index contributed by atoms with van der Waals surface area (Å²) >= 11 is 0. The first kappa shape index (κ1) is 20.8. The van der Waals surface area contributed by atoms with Crippen LogP contribution in [0.5, 0.6) is 0 Å². The van der Waals surface area contributed by atoms with Crippen molar-refractivity contribution < 1.29 is 13.9 Å². The zero-order valence-electron chi connectivity index (χ0n) is 17.2. The maximum atomic E-state index is 14.4. The van der Waals surface area contributed by atoms with Gasteiger partial charge in [0.2, 0.25) is 0 Å². The van der Waals surface area contributed by atoms with Crippen LogP contribution in [0.25, 0.3) is 0 Å². The van der Waals surface area contributed by atoms with Crippen LogP contribution in [0.4, 0.5) is 4.39 Å². The van der Waals surface area contributed by atoms with Crippen molar-refractivity contribution in [1.29, 1.82) is 0 Å². The van der Waals surface area contributed by atoms with Gasteiger partial charge in [-0.25, -0.2) is 4.39 Å². The second-order valence-electron chi connectivity index (χ2n) is 8.64. The SMILES string of the molecule is CCCCC[C@H]1CC[C@H](C2COC(c3ccc(CCC)cc3F)OC2)CC1. The van der Waals surface area contributed by atoms with Crippen LogP contribution < -0.4 is 0 Å². The van der Waals surface area contributed by atoms with Crippen LogP contribution in [0.15, 0.2) is 18.2 Å². The van der Waals surface area contributed by atoms with Crippen LogP contribution in [-0.4, -0.2) is 13.2 Å². The third kappa shape index (κ3) is 5.77. The van der Waals surface area contributed by atoms with Gasteiger partial charge >= 0.3 is 0 Å². The summed E-state index contributed by atoms with van der Waals surface area (Å²) in [5.41, 5.74) is 1.59. The fourth-order valence-corrected chi connectivity index (χ4v) is 4.81. The molecule has 0 amide bonds. The lowest BCUT2D eigenvalue weighted by Gasteiger charge is -2.38. The van der Waals surface area contributed by atoms with Crippen LogP contribution in [0.2, 0.25) is 0 Å². The average molecular weight is 377 g/mol. The maximum absolute atomic E-state index is 14.4. The third-order valence-electron chi connectivity index (χ3n) is 6.55. The quantitative estimate of drug-likeness (QED) is 0.463. The Morgan fingerprint density at radius 1 is 0.926 bits per heavy atom. The number of benzene rings is 1. The molecule has 1 aliphatic carbocycles. The van der Waals surface area contributed by atoms with Crippen molar-refractivity contribution in [2.45, 2.75) is 84.3 Å². The molecule has 0 aromatic heterocycles. The smallest absolute Gasteiger partial charge is 0.186 e. The van der Waals surface area contributed by atoms with Gasteiger partial charge in [0.1, 0.15) is 5.82 Å². The highest BCUT2D eigenvalue weighted by Crippen LogP contribution is 2.39. The lowest BCUT2D eigenvalue weighted by Crippen LogP contribution is -2.34. The van der Waals surface area contributed by atoms with Gasteiger partial charge in [0.05, 0.1) is 13.2 Å². The molecule has 2 fully saturated rings. The zero-order valence-corrected chi connectivity index (χ0v) is 17.2. The summed E-state index contributed by atoms with van der Waals surface area (Å²) in [4.78, 5) is 0. The largest absolute Gasteiger partial charge is 0.348 e. The molecule has 1 aliphatic heterocycles. The van der Waals surface area contributed by atoms with E-state index < -0.39 is 6.29 Å². The molecular weight excluding hydrogens is 339 g/mol. The molecule has 1 heterocycles. The van der Waals surface area contributed by atoms with Gasteiger partial charge in [-0.15, -0.1) is 0 Å². The molecule has 1 aromatic carbocycles. The van der Waals surface area contributed by atoms with E-state index in [4.69, 9.17) is 9.47 Å². The van der Waals surface area contributed by atoms with Gasteiger partial charge in [-0.1, -0.05) is 70.9 Å². The summed E-state index contributed by atoms with van der Waals surface area (Å²) in [7, 11) is 0. The molecular formula is C24H37FO2. The number of aryl methyl sites for hydroxylation is 1. The highest BCUT2D eigenvalue weighted by molar-refractivity contribution is 5.25. The summed E-state index contributed by atoms with van der Waals surface area (Å²) in [6, 6.07) is 5.48. The Morgan fingerprint density at radius 2 is 1.67 bits per heavy atom. The molecule has 3 rings (SSSR count). The van der Waals surface area contributed by atoms with E-state index in [-0.39, 0.29) is 5.82 Å². The van der Waals surface area contributed by atoms with Crippen molar-refractivity contribution in [3.63, 3.8) is 0 Å². The number of hydrogen-bond acceptors (Lipinski definition) is 2. The molecule has 0 atom stereocenters. The molecule has 1 saturated heterocycles. The van der Waals surface area contributed by atoms with Crippen molar-refractivity contribution in [2.75, 3.05) is 13.2 Å². The molecule has 0 N–H and O–H groups in total. The Hall–Kier alpha value is -0.930. The van der Waals surface area contributed by atoms with Crippen molar-refractivity contribution in [3.8, 4) is 0 Å². The van der Waals surface area contributed by atoms with Crippen molar-refractivity contribution in [1.82, 2.24) is 0 Å². The van der Waals surface area contributed by atoms with E-state index in [1.807, 2.05) is 12.1 Å². The Kier molecular flexibility index (Phi) is 8.14. The fraction of sp³-hybridized carbons (Fsp3) is 0.750. The highest BCUT2D eigenvalue weighted by Gasteiger charge is 2.33. The van der Waals surface area contributed by atoms with Gasteiger partial charge < -0.3 is 9.47 Å². The summed E-state index contributed by atoms with van der Waals surface area (Å²) in [6.07, 6.45) is 12.2. The standard InChI is InChI=1S/C24H37FO2/c1-3-5-6-8-18-9-12-20(13-10-18)21-16-26-24(27-17-21)22-14-11-19(7-4-2)15-23(22)25/h11,14-15,18,20-21,24H,3-10,12-13,16-17H2,1-2H3/t18-,20-,21?,24?. The lowest BCUT2D eigenvalue weighted by atomic mass is 9.74. The molecule has 0 spiro atoms. The first-order chi connectivity index (χ1) is 13.2. The summed E-state index contributed by atoms with van der Waals surface area (Å²) in [5, 5.41) is 0. The van der Waals surface area contributed by atoms with Crippen LogP contribution >= 0.6 is 0 Å². The van der Waals surface area contributed by atoms with Gasteiger partial charge in [-0.2, -0.15) is 0 Å². The normalized spacial score (nSPS) is 29.0. The van der Waals surface area contributed by atoms with E-state index in [0.717, 1.165) is 24.3 Å². The second-order valence-corrected chi connectivity index (χ2v) is 8.64. The minimum absolute atomic E-state index is 0.197. The van der Waals surface area contributed by atoms with Gasteiger partial charge in [-0.3, -0.25) is 0 Å². The van der Waals surface area contributed by atoms with Crippen molar-refractivity contribution in [2.24, 2.45) is 17.8 Å². The molecule has 0 bridgehead atoms. The Morgan fingerprint density at radius 3 is 2.30 bits per heavy atom. The van der Waals surface area contributed by atoms with Crippen LogP contribution in [0.3, 0.4) is 0 Å². The molecule has 2 aliphatic rings. The summed E-state index contributed by atoms with van der Waals surface area (Å²) < 4.78 is 26.3. The number of unbranched alkanes of at least 4 members (excludes halogenated alkanes) is 2. The number of hydrogen-bond donors (Lipinski definition) is 0. The van der Waals surface area contributed by atoms with E-state index in [2.05, 4.69) is 13.8 Å². The second kappa shape index (κ2) is 10.6. The summed E-state index contributed by atoms with van der Waals surface area (Å²) in [5.74, 6) is 1.92. The van der Waals surface area contributed by atoms with Crippen LogP contribution in [0, 0.1) is 23.6 Å². The molecule has 152 valence electrons. The molecule has 2 nitrogen and oxygen atoms in total. The van der Waals surface area contributed by atoms with E-state index >= 15 is 0 Å². The van der Waals surface area contributed by atoms with E-state index in [9.17, 15) is 4.39 Å². The monoisotopic (exact) mass is 376 g/mol. The number of rotatable bonds is 8. The van der Waals surface area contributed by atoms with Gasteiger partial charge in [0.15, 0.2) is 6.29 Å². The Bertz CT molecular complexity index is 557. The van der Waals surface area contributed by atoms with E-state index in [1.165, 1.54) is 51.4 Å². The number of halogens is 1. The topological polar surface area (TPSA) is 18.5 Å². The minimum Gasteiger partial charge on any atom is -0.348 e. The predicted molar refractivity (Wildman–Crippen MR) is 108 cm³/mol. The molecule has 0 unspecified atom stereocenters. The predicted octanol–water partition coefficient (Wildman–Crippen LogP) is 6.83. The first-order valence-electron chi connectivity index (χ1n) is 11.2. The first-order valence-corrected chi connectivity index (χ1v) is 11.2. The maximum Gasteiger partial charge on any atom is 0.186 e. The molecule has 27 heavy (non-hydrogen) atoms. The fourth-order valence-electron chi connectivity index (χ4n) is 4.81.